The van der Waals surface area contributed by atoms with Crippen LogP contribution in [0.3, 0.4) is 0 Å². The highest BCUT2D eigenvalue weighted by Gasteiger charge is 2.31. The quantitative estimate of drug-likeness (QED) is 0.684. The minimum absolute atomic E-state index is 0.135. The van der Waals surface area contributed by atoms with E-state index in [9.17, 15) is 18.0 Å². The molecule has 0 spiro atoms. The van der Waals surface area contributed by atoms with Gasteiger partial charge in [-0.25, -0.2) is 0 Å². The van der Waals surface area contributed by atoms with Crippen LogP contribution < -0.4 is 19.9 Å². The Kier molecular flexibility index (Phi) is 5.48. The molecule has 1 saturated heterocycles. The monoisotopic (exact) mass is 333 g/mol. The van der Waals surface area contributed by atoms with Gasteiger partial charge < -0.3 is 19.9 Å². The maximum atomic E-state index is 12.3. The number of anilines is 1. The zero-order valence-corrected chi connectivity index (χ0v) is 13.2. The van der Waals surface area contributed by atoms with E-state index >= 15 is 0 Å². The fourth-order valence-electron chi connectivity index (χ4n) is 2.61. The van der Waals surface area contributed by atoms with Crippen LogP contribution in [0.2, 0.25) is 0 Å². The average molecular weight is 333 g/mol. The number of piperazine rings is 1. The van der Waals surface area contributed by atoms with Crippen molar-refractivity contribution in [2.75, 3.05) is 38.5 Å². The maximum absolute atomic E-state index is 12.3. The molecule has 1 amide bonds. The van der Waals surface area contributed by atoms with Gasteiger partial charge in [-0.2, -0.15) is 0 Å². The number of likely N-dealkylation sites (N-methyl/N-ethyl adjacent to an activating group) is 1. The summed E-state index contributed by atoms with van der Waals surface area (Å²) in [5.41, 5.74) is 0.454. The Morgan fingerprint density at radius 2 is 1.74 bits per heavy atom. The SMILES string of the molecule is C[C@@H](C(=O)Nc1ccc(OC(F)(F)F)cc1)[NH+]1CC[NH+](C)CC1. The molecule has 5 nitrogen and oxygen atoms in total. The summed E-state index contributed by atoms with van der Waals surface area (Å²) < 4.78 is 40.1. The molecule has 1 atom stereocenters. The van der Waals surface area contributed by atoms with Gasteiger partial charge in [0, 0.05) is 5.69 Å². The summed E-state index contributed by atoms with van der Waals surface area (Å²) in [5.74, 6) is -0.444. The Morgan fingerprint density at radius 1 is 1.17 bits per heavy atom. The van der Waals surface area contributed by atoms with Crippen LogP contribution in [-0.2, 0) is 4.79 Å². The summed E-state index contributed by atoms with van der Waals surface area (Å²) in [6.07, 6.45) is -4.72. The van der Waals surface area contributed by atoms with Crippen LogP contribution in [0.5, 0.6) is 5.75 Å². The van der Waals surface area contributed by atoms with E-state index in [1.165, 1.54) is 34.1 Å². The lowest BCUT2D eigenvalue weighted by Crippen LogP contribution is -3.29. The van der Waals surface area contributed by atoms with Crippen LogP contribution in [0.4, 0.5) is 18.9 Å². The van der Waals surface area contributed by atoms with E-state index in [0.717, 1.165) is 26.2 Å². The first-order chi connectivity index (χ1) is 10.7. The highest BCUT2D eigenvalue weighted by atomic mass is 19.4. The van der Waals surface area contributed by atoms with Gasteiger partial charge in [-0.05, 0) is 31.2 Å². The zero-order chi connectivity index (χ0) is 17.0. The Balaban J connectivity index is 1.89. The minimum atomic E-state index is -4.72. The van der Waals surface area contributed by atoms with Crippen molar-refractivity contribution in [1.82, 2.24) is 0 Å². The Bertz CT molecular complexity index is 526. The van der Waals surface area contributed by atoms with Gasteiger partial charge in [0.15, 0.2) is 6.04 Å². The molecule has 0 radical (unpaired) electrons. The molecule has 2 rings (SSSR count). The first-order valence-corrected chi connectivity index (χ1v) is 7.57. The molecule has 1 heterocycles. The zero-order valence-electron chi connectivity index (χ0n) is 13.2. The van der Waals surface area contributed by atoms with Crippen molar-refractivity contribution in [3.05, 3.63) is 24.3 Å². The van der Waals surface area contributed by atoms with Crippen LogP contribution in [0.25, 0.3) is 0 Å². The van der Waals surface area contributed by atoms with Gasteiger partial charge in [-0.1, -0.05) is 0 Å². The topological polar surface area (TPSA) is 47.2 Å². The number of benzene rings is 1. The van der Waals surface area contributed by atoms with Crippen molar-refractivity contribution in [1.29, 1.82) is 0 Å². The standard InChI is InChI=1S/C15H20F3N3O2/c1-11(21-9-7-20(2)8-10-21)14(22)19-12-3-5-13(6-4-12)23-15(16,17)18/h3-6,11H,7-10H2,1-2H3,(H,19,22)/p+2/t11-/m0/s1. The normalized spacial score (nSPS) is 23.2. The molecule has 1 aromatic rings. The van der Waals surface area contributed by atoms with Gasteiger partial charge >= 0.3 is 6.36 Å². The third-order valence-corrected chi connectivity index (χ3v) is 4.11. The van der Waals surface area contributed by atoms with Crippen LogP contribution in [-0.4, -0.2) is 51.5 Å². The number of halogens is 3. The minimum Gasteiger partial charge on any atom is -0.406 e. The van der Waals surface area contributed by atoms with Crippen LogP contribution >= 0.6 is 0 Å². The molecule has 1 aliphatic heterocycles. The summed E-state index contributed by atoms with van der Waals surface area (Å²) in [6.45, 7) is 5.77. The number of alkyl halides is 3. The molecule has 0 bridgehead atoms. The summed E-state index contributed by atoms with van der Waals surface area (Å²) in [7, 11) is 2.13. The Hall–Kier alpha value is -1.80. The van der Waals surface area contributed by atoms with Gasteiger partial charge in [-0.3, -0.25) is 4.79 Å². The lowest BCUT2D eigenvalue weighted by Gasteiger charge is -2.30. The third kappa shape index (κ3) is 5.40. The molecule has 128 valence electrons. The molecule has 1 aliphatic rings. The second kappa shape index (κ2) is 7.18. The number of nitrogens with one attached hydrogen (secondary N) is 3. The Labute approximate surface area is 133 Å². The van der Waals surface area contributed by atoms with E-state index in [0.29, 0.717) is 5.69 Å². The first-order valence-electron chi connectivity index (χ1n) is 7.57. The molecular formula is C15H22F3N3O2+2. The van der Waals surface area contributed by atoms with E-state index in [1.54, 1.807) is 0 Å². The predicted molar refractivity (Wildman–Crippen MR) is 78.5 cm³/mol. The second-order valence-corrected chi connectivity index (χ2v) is 5.90. The van der Waals surface area contributed by atoms with Crippen LogP contribution in [0, 0.1) is 0 Å². The third-order valence-electron chi connectivity index (χ3n) is 4.11. The lowest BCUT2D eigenvalue weighted by atomic mass is 10.2. The van der Waals surface area contributed by atoms with Crippen molar-refractivity contribution >= 4 is 11.6 Å². The number of ether oxygens (including phenoxy) is 1. The van der Waals surface area contributed by atoms with Gasteiger partial charge in [0.05, 0.1) is 7.05 Å². The van der Waals surface area contributed by atoms with Gasteiger partial charge in [0.25, 0.3) is 5.91 Å². The summed E-state index contributed by atoms with van der Waals surface area (Å²) in [5, 5.41) is 2.74. The number of amides is 1. The van der Waals surface area contributed by atoms with Crippen molar-refractivity contribution in [3.63, 3.8) is 0 Å². The van der Waals surface area contributed by atoms with E-state index < -0.39 is 6.36 Å². The van der Waals surface area contributed by atoms with E-state index in [2.05, 4.69) is 17.1 Å². The molecule has 1 fully saturated rings. The summed E-state index contributed by atoms with van der Waals surface area (Å²) in [6, 6.07) is 4.96. The number of hydrogen-bond donors (Lipinski definition) is 3. The van der Waals surface area contributed by atoms with Crippen LogP contribution in [0.15, 0.2) is 24.3 Å². The number of rotatable bonds is 4. The van der Waals surface area contributed by atoms with E-state index in [-0.39, 0.29) is 17.7 Å². The fraction of sp³-hybridized carbons (Fsp3) is 0.533. The summed E-state index contributed by atoms with van der Waals surface area (Å²) >= 11 is 0. The van der Waals surface area contributed by atoms with Gasteiger partial charge in [0.1, 0.15) is 31.9 Å². The molecule has 23 heavy (non-hydrogen) atoms. The molecule has 0 saturated carbocycles. The number of quaternary nitrogens is 2. The van der Waals surface area contributed by atoms with Gasteiger partial charge in [-0.15, -0.1) is 13.2 Å². The molecular weight excluding hydrogens is 311 g/mol. The van der Waals surface area contributed by atoms with Crippen molar-refractivity contribution in [2.24, 2.45) is 0 Å². The van der Waals surface area contributed by atoms with Crippen molar-refractivity contribution in [3.8, 4) is 5.75 Å². The molecule has 0 unspecified atom stereocenters. The van der Waals surface area contributed by atoms with E-state index in [1.807, 2.05) is 6.92 Å². The highest BCUT2D eigenvalue weighted by Crippen LogP contribution is 2.23. The number of carbonyl (C=O) groups is 1. The maximum Gasteiger partial charge on any atom is 0.573 e. The average Bonchev–Trinajstić information content (AvgIpc) is 2.48. The molecule has 3 N–H and O–H groups in total. The molecule has 8 heteroatoms. The largest absolute Gasteiger partial charge is 0.573 e. The second-order valence-electron chi connectivity index (χ2n) is 5.90. The number of hydrogen-bond acceptors (Lipinski definition) is 2. The van der Waals surface area contributed by atoms with Crippen LogP contribution in [0.1, 0.15) is 6.92 Å². The Morgan fingerprint density at radius 3 is 2.26 bits per heavy atom. The predicted octanol–water partition coefficient (Wildman–Crippen LogP) is -0.675. The van der Waals surface area contributed by atoms with Crippen molar-refractivity contribution < 1.29 is 32.5 Å². The molecule has 0 aromatic heterocycles. The number of carbonyl (C=O) groups excluding carboxylic acids is 1. The smallest absolute Gasteiger partial charge is 0.406 e. The molecule has 0 aliphatic carbocycles. The highest BCUT2D eigenvalue weighted by molar-refractivity contribution is 5.93. The first kappa shape index (κ1) is 17.6. The molecule has 1 aromatic carbocycles. The van der Waals surface area contributed by atoms with Crippen molar-refractivity contribution in [2.45, 2.75) is 19.3 Å². The van der Waals surface area contributed by atoms with E-state index in [4.69, 9.17) is 0 Å². The summed E-state index contributed by atoms with van der Waals surface area (Å²) in [4.78, 5) is 14.9. The fourth-order valence-corrected chi connectivity index (χ4v) is 2.61. The van der Waals surface area contributed by atoms with Gasteiger partial charge in [0.2, 0.25) is 0 Å². The lowest BCUT2D eigenvalue weighted by molar-refractivity contribution is -1.01.